The lowest BCUT2D eigenvalue weighted by Gasteiger charge is -2.26. The van der Waals surface area contributed by atoms with Gasteiger partial charge in [0.2, 0.25) is 0 Å². The summed E-state index contributed by atoms with van der Waals surface area (Å²) in [6, 6.07) is 4.36. The van der Waals surface area contributed by atoms with E-state index in [0.717, 1.165) is 13.1 Å². The summed E-state index contributed by atoms with van der Waals surface area (Å²) in [7, 11) is 0. The van der Waals surface area contributed by atoms with E-state index < -0.39 is 0 Å². The number of rotatable bonds is 3. The Bertz CT molecular complexity index is 281. The fraction of sp³-hybridized carbons (Fsp3) is 0.600. The summed E-state index contributed by atoms with van der Waals surface area (Å²) in [5, 5.41) is 3.37. The van der Waals surface area contributed by atoms with E-state index in [1.165, 1.54) is 34.7 Å². The first-order valence-electron chi connectivity index (χ1n) is 5.02. The highest BCUT2D eigenvalue weighted by molar-refractivity contribution is 9.11. The third kappa shape index (κ3) is 3.05. The standard InChI is InChI=1S/C10H15BrN2S/c11-10-2-1-9(14-10)3-6-13-7-4-12-5-8-13/h1-2,12H,3-8H2. The van der Waals surface area contributed by atoms with Gasteiger partial charge >= 0.3 is 0 Å². The van der Waals surface area contributed by atoms with E-state index >= 15 is 0 Å². The lowest BCUT2D eigenvalue weighted by atomic mass is 10.3. The Morgan fingerprint density at radius 2 is 2.14 bits per heavy atom. The highest BCUT2D eigenvalue weighted by Crippen LogP contribution is 2.22. The Kier molecular flexibility index (Phi) is 3.99. The highest BCUT2D eigenvalue weighted by atomic mass is 79.9. The summed E-state index contributed by atoms with van der Waals surface area (Å²) in [5.74, 6) is 0. The number of piperazine rings is 1. The SMILES string of the molecule is Brc1ccc(CCN2CCNCC2)s1. The molecule has 1 saturated heterocycles. The van der Waals surface area contributed by atoms with E-state index in [9.17, 15) is 0 Å². The van der Waals surface area contributed by atoms with Gasteiger partial charge in [0.05, 0.1) is 3.79 Å². The third-order valence-corrected chi connectivity index (χ3v) is 4.20. The molecule has 14 heavy (non-hydrogen) atoms. The monoisotopic (exact) mass is 274 g/mol. The van der Waals surface area contributed by atoms with Gasteiger partial charge in [0.1, 0.15) is 0 Å². The van der Waals surface area contributed by atoms with Gasteiger partial charge in [-0.25, -0.2) is 0 Å². The molecular formula is C10H15BrN2S. The van der Waals surface area contributed by atoms with Gasteiger partial charge in [-0.15, -0.1) is 11.3 Å². The Morgan fingerprint density at radius 3 is 2.79 bits per heavy atom. The molecule has 0 bridgehead atoms. The van der Waals surface area contributed by atoms with Crippen molar-refractivity contribution in [3.63, 3.8) is 0 Å². The van der Waals surface area contributed by atoms with Crippen LogP contribution in [0, 0.1) is 0 Å². The van der Waals surface area contributed by atoms with E-state index in [4.69, 9.17) is 0 Å². The van der Waals surface area contributed by atoms with Gasteiger partial charge in [0.15, 0.2) is 0 Å². The van der Waals surface area contributed by atoms with Crippen LogP contribution in [0.15, 0.2) is 15.9 Å². The van der Waals surface area contributed by atoms with Crippen molar-refractivity contribution in [1.82, 2.24) is 10.2 Å². The summed E-state index contributed by atoms with van der Waals surface area (Å²) in [6.07, 6.45) is 1.19. The molecule has 0 aromatic carbocycles. The summed E-state index contributed by atoms with van der Waals surface area (Å²) in [6.45, 7) is 5.90. The van der Waals surface area contributed by atoms with Gasteiger partial charge in [-0.3, -0.25) is 0 Å². The van der Waals surface area contributed by atoms with Crippen LogP contribution in [0.5, 0.6) is 0 Å². The molecule has 0 radical (unpaired) electrons. The maximum absolute atomic E-state index is 3.49. The van der Waals surface area contributed by atoms with Crippen molar-refractivity contribution in [2.24, 2.45) is 0 Å². The number of nitrogens with zero attached hydrogens (tertiary/aromatic N) is 1. The quantitative estimate of drug-likeness (QED) is 0.907. The van der Waals surface area contributed by atoms with Crippen LogP contribution in [0.1, 0.15) is 4.88 Å². The Labute approximate surface area is 97.4 Å². The Balaban J connectivity index is 1.76. The molecule has 0 spiro atoms. The van der Waals surface area contributed by atoms with E-state index in [2.05, 4.69) is 38.3 Å². The fourth-order valence-electron chi connectivity index (χ4n) is 1.69. The molecule has 0 unspecified atom stereocenters. The highest BCUT2D eigenvalue weighted by Gasteiger charge is 2.09. The number of hydrogen-bond donors (Lipinski definition) is 1. The van der Waals surface area contributed by atoms with Gasteiger partial charge < -0.3 is 10.2 Å². The molecule has 0 saturated carbocycles. The second-order valence-corrected chi connectivity index (χ2v) is 6.10. The summed E-state index contributed by atoms with van der Waals surface area (Å²) < 4.78 is 1.24. The van der Waals surface area contributed by atoms with Crippen LogP contribution in [0.2, 0.25) is 0 Å². The number of halogens is 1. The molecule has 2 nitrogen and oxygen atoms in total. The van der Waals surface area contributed by atoms with Crippen LogP contribution in [-0.4, -0.2) is 37.6 Å². The van der Waals surface area contributed by atoms with Crippen molar-refractivity contribution >= 4 is 27.3 Å². The van der Waals surface area contributed by atoms with E-state index in [-0.39, 0.29) is 0 Å². The second kappa shape index (κ2) is 5.26. The van der Waals surface area contributed by atoms with Gasteiger partial charge in [0, 0.05) is 37.6 Å². The molecule has 0 amide bonds. The minimum Gasteiger partial charge on any atom is -0.314 e. The molecule has 78 valence electrons. The van der Waals surface area contributed by atoms with Gasteiger partial charge in [-0.05, 0) is 34.5 Å². The van der Waals surface area contributed by atoms with Crippen molar-refractivity contribution in [3.05, 3.63) is 20.8 Å². The van der Waals surface area contributed by atoms with Crippen molar-refractivity contribution in [3.8, 4) is 0 Å². The average molecular weight is 275 g/mol. The zero-order chi connectivity index (χ0) is 9.80. The minimum absolute atomic E-state index is 1.15. The van der Waals surface area contributed by atoms with Crippen molar-refractivity contribution < 1.29 is 0 Å². The molecule has 1 aliphatic rings. The zero-order valence-electron chi connectivity index (χ0n) is 8.13. The fourth-order valence-corrected chi connectivity index (χ4v) is 3.16. The first-order chi connectivity index (χ1) is 6.84. The number of thiophene rings is 1. The third-order valence-electron chi connectivity index (χ3n) is 2.51. The van der Waals surface area contributed by atoms with E-state index in [0.29, 0.717) is 0 Å². The largest absolute Gasteiger partial charge is 0.314 e. The summed E-state index contributed by atoms with van der Waals surface area (Å²) in [4.78, 5) is 4.01. The van der Waals surface area contributed by atoms with Crippen LogP contribution < -0.4 is 5.32 Å². The van der Waals surface area contributed by atoms with Crippen LogP contribution in [0.4, 0.5) is 0 Å². The Morgan fingerprint density at radius 1 is 1.36 bits per heavy atom. The predicted octanol–water partition coefficient (Wildman–Crippen LogP) is 1.96. The molecule has 0 aliphatic carbocycles. The van der Waals surface area contributed by atoms with Gasteiger partial charge in [-0.2, -0.15) is 0 Å². The van der Waals surface area contributed by atoms with Crippen molar-refractivity contribution in [2.45, 2.75) is 6.42 Å². The molecule has 1 aromatic rings. The van der Waals surface area contributed by atoms with Crippen LogP contribution in [0.3, 0.4) is 0 Å². The van der Waals surface area contributed by atoms with Gasteiger partial charge in [0.25, 0.3) is 0 Å². The molecule has 1 fully saturated rings. The summed E-state index contributed by atoms with van der Waals surface area (Å²) in [5.41, 5.74) is 0. The smallest absolute Gasteiger partial charge is 0.0701 e. The lowest BCUT2D eigenvalue weighted by molar-refractivity contribution is 0.244. The maximum atomic E-state index is 3.49. The normalized spacial score (nSPS) is 18.6. The second-order valence-electron chi connectivity index (χ2n) is 3.55. The van der Waals surface area contributed by atoms with E-state index in [1.54, 1.807) is 0 Å². The van der Waals surface area contributed by atoms with Crippen molar-refractivity contribution in [1.29, 1.82) is 0 Å². The maximum Gasteiger partial charge on any atom is 0.0701 e. The molecule has 1 N–H and O–H groups in total. The number of nitrogens with one attached hydrogen (secondary N) is 1. The first-order valence-corrected chi connectivity index (χ1v) is 6.63. The molecule has 4 heteroatoms. The first kappa shape index (κ1) is 10.6. The molecule has 1 aliphatic heterocycles. The summed E-state index contributed by atoms with van der Waals surface area (Å²) >= 11 is 5.34. The van der Waals surface area contributed by atoms with Gasteiger partial charge in [-0.1, -0.05) is 0 Å². The Hall–Kier alpha value is 0.1000. The minimum atomic E-state index is 1.15. The van der Waals surface area contributed by atoms with Crippen LogP contribution >= 0.6 is 27.3 Å². The average Bonchev–Trinajstić information content (AvgIpc) is 2.63. The molecular weight excluding hydrogens is 260 g/mol. The lowest BCUT2D eigenvalue weighted by Crippen LogP contribution is -2.44. The molecule has 0 atom stereocenters. The number of hydrogen-bond acceptors (Lipinski definition) is 3. The van der Waals surface area contributed by atoms with E-state index in [1.807, 2.05) is 11.3 Å². The molecule has 1 aromatic heterocycles. The van der Waals surface area contributed by atoms with Crippen molar-refractivity contribution in [2.75, 3.05) is 32.7 Å². The molecule has 2 heterocycles. The van der Waals surface area contributed by atoms with Crippen LogP contribution in [0.25, 0.3) is 0 Å². The predicted molar refractivity (Wildman–Crippen MR) is 65.0 cm³/mol. The topological polar surface area (TPSA) is 15.3 Å². The van der Waals surface area contributed by atoms with Crippen LogP contribution in [-0.2, 0) is 6.42 Å². The zero-order valence-corrected chi connectivity index (χ0v) is 10.5. The molecule has 2 rings (SSSR count).